The number of aryl methyl sites for hydroxylation is 1. The zero-order valence-corrected chi connectivity index (χ0v) is 23.0. The van der Waals surface area contributed by atoms with Gasteiger partial charge in [0.05, 0.1) is 30.6 Å². The number of ether oxygens (including phenoxy) is 3. The normalized spacial score (nSPS) is 16.1. The quantitative estimate of drug-likeness (QED) is 0.260. The van der Waals surface area contributed by atoms with Crippen molar-refractivity contribution in [2.75, 3.05) is 44.1 Å². The first-order chi connectivity index (χ1) is 20.0. The van der Waals surface area contributed by atoms with Gasteiger partial charge in [-0.25, -0.2) is 4.79 Å². The summed E-state index contributed by atoms with van der Waals surface area (Å²) in [5.74, 6) is 1.32. The molecule has 0 spiro atoms. The van der Waals surface area contributed by atoms with Crippen molar-refractivity contribution in [2.24, 2.45) is 5.73 Å². The Balaban J connectivity index is 1.25. The topological polar surface area (TPSA) is 141 Å². The number of morpholine rings is 1. The van der Waals surface area contributed by atoms with Crippen molar-refractivity contribution in [3.05, 3.63) is 83.4 Å². The van der Waals surface area contributed by atoms with Crippen LogP contribution in [0.2, 0.25) is 0 Å². The second-order valence-electron chi connectivity index (χ2n) is 10.3. The zero-order valence-electron chi connectivity index (χ0n) is 23.0. The van der Waals surface area contributed by atoms with Gasteiger partial charge in [-0.15, -0.1) is 0 Å². The SMILES string of the molecule is NC(=O)NC(CCC(CCc1ccc2c(c1)OCO2)N1CCOCC1)c1ccc(C(=O)Nc2ccccc2N)cc1. The monoisotopic (exact) mass is 559 g/mol. The van der Waals surface area contributed by atoms with Crippen LogP contribution in [-0.2, 0) is 11.2 Å². The van der Waals surface area contributed by atoms with E-state index in [-0.39, 0.29) is 18.7 Å². The van der Waals surface area contributed by atoms with Crippen LogP contribution in [0.15, 0.2) is 66.7 Å². The molecule has 5 rings (SSSR count). The summed E-state index contributed by atoms with van der Waals surface area (Å²) in [6.45, 7) is 3.42. The number of nitrogens with one attached hydrogen (secondary N) is 2. The third-order valence-electron chi connectivity index (χ3n) is 7.65. The van der Waals surface area contributed by atoms with Crippen LogP contribution in [0.5, 0.6) is 11.5 Å². The van der Waals surface area contributed by atoms with Gasteiger partial charge >= 0.3 is 6.03 Å². The number of urea groups is 1. The maximum absolute atomic E-state index is 12.8. The summed E-state index contributed by atoms with van der Waals surface area (Å²) in [5.41, 5.74) is 15.2. The number of anilines is 2. The molecule has 0 aliphatic carbocycles. The van der Waals surface area contributed by atoms with E-state index in [1.54, 1.807) is 24.3 Å². The molecule has 0 saturated carbocycles. The molecule has 41 heavy (non-hydrogen) atoms. The molecule has 0 bridgehead atoms. The molecule has 2 heterocycles. The summed E-state index contributed by atoms with van der Waals surface area (Å²) in [6.07, 6.45) is 3.39. The number of benzene rings is 3. The summed E-state index contributed by atoms with van der Waals surface area (Å²) in [6, 6.07) is 19.9. The van der Waals surface area contributed by atoms with Crippen molar-refractivity contribution in [3.8, 4) is 11.5 Å². The highest BCUT2D eigenvalue weighted by atomic mass is 16.7. The summed E-state index contributed by atoms with van der Waals surface area (Å²) < 4.78 is 16.6. The van der Waals surface area contributed by atoms with Gasteiger partial charge in [0.2, 0.25) is 6.79 Å². The number of primary amides is 1. The molecule has 10 nitrogen and oxygen atoms in total. The van der Waals surface area contributed by atoms with Gasteiger partial charge < -0.3 is 36.3 Å². The highest BCUT2D eigenvalue weighted by molar-refractivity contribution is 6.05. The number of nitrogens with two attached hydrogens (primary N) is 2. The van der Waals surface area contributed by atoms with Gasteiger partial charge in [0.1, 0.15) is 0 Å². The van der Waals surface area contributed by atoms with Crippen molar-refractivity contribution >= 4 is 23.3 Å². The summed E-state index contributed by atoms with van der Waals surface area (Å²) in [4.78, 5) is 27.2. The van der Waals surface area contributed by atoms with Crippen LogP contribution in [0, 0.1) is 0 Å². The predicted molar refractivity (Wildman–Crippen MR) is 157 cm³/mol. The van der Waals surface area contributed by atoms with E-state index in [2.05, 4.69) is 27.7 Å². The first-order valence-electron chi connectivity index (χ1n) is 14.0. The fraction of sp³-hybridized carbons (Fsp3) is 0.355. The third-order valence-corrected chi connectivity index (χ3v) is 7.65. The summed E-state index contributed by atoms with van der Waals surface area (Å²) in [5, 5.41) is 5.74. The minimum atomic E-state index is -0.584. The maximum atomic E-state index is 12.8. The molecule has 0 radical (unpaired) electrons. The van der Waals surface area contributed by atoms with Crippen LogP contribution in [-0.4, -0.2) is 56.0 Å². The first kappa shape index (κ1) is 28.3. The predicted octanol–water partition coefficient (Wildman–Crippen LogP) is 4.07. The fourth-order valence-corrected chi connectivity index (χ4v) is 5.41. The van der Waals surface area contributed by atoms with Crippen molar-refractivity contribution in [1.82, 2.24) is 10.2 Å². The number of carbonyl (C=O) groups excluding carboxylic acids is 2. The molecule has 3 aromatic rings. The molecule has 2 aliphatic rings. The lowest BCUT2D eigenvalue weighted by molar-refractivity contribution is 0.0121. The van der Waals surface area contributed by atoms with E-state index in [9.17, 15) is 9.59 Å². The van der Waals surface area contributed by atoms with Crippen LogP contribution in [0.4, 0.5) is 16.2 Å². The van der Waals surface area contributed by atoms with Crippen LogP contribution in [0.25, 0.3) is 0 Å². The smallest absolute Gasteiger partial charge is 0.312 e. The molecule has 0 aromatic heterocycles. The van der Waals surface area contributed by atoms with Gasteiger partial charge in [0.25, 0.3) is 5.91 Å². The second kappa shape index (κ2) is 13.4. The molecule has 216 valence electrons. The molecular formula is C31H37N5O5. The van der Waals surface area contributed by atoms with E-state index in [0.717, 1.165) is 49.4 Å². The molecule has 6 N–H and O–H groups in total. The highest BCUT2D eigenvalue weighted by Crippen LogP contribution is 2.33. The summed E-state index contributed by atoms with van der Waals surface area (Å²) in [7, 11) is 0. The molecule has 1 fully saturated rings. The van der Waals surface area contributed by atoms with Crippen LogP contribution >= 0.6 is 0 Å². The van der Waals surface area contributed by atoms with Gasteiger partial charge in [-0.3, -0.25) is 9.69 Å². The number of para-hydroxylation sites is 2. The molecule has 3 aromatic carbocycles. The number of amides is 3. The lowest BCUT2D eigenvalue weighted by atomic mass is 9.94. The minimum Gasteiger partial charge on any atom is -0.454 e. The number of rotatable bonds is 11. The van der Waals surface area contributed by atoms with Gasteiger partial charge in [-0.05, 0) is 73.2 Å². The first-order valence-corrected chi connectivity index (χ1v) is 14.0. The number of nitrogen functional groups attached to an aromatic ring is 1. The van der Waals surface area contributed by atoms with Gasteiger partial charge in [0, 0.05) is 24.7 Å². The molecular weight excluding hydrogens is 522 g/mol. The number of hydrogen-bond donors (Lipinski definition) is 4. The van der Waals surface area contributed by atoms with Crippen molar-refractivity contribution in [3.63, 3.8) is 0 Å². The lowest BCUT2D eigenvalue weighted by Crippen LogP contribution is -2.44. The Morgan fingerprint density at radius 3 is 2.41 bits per heavy atom. The van der Waals surface area contributed by atoms with Crippen LogP contribution < -0.4 is 31.6 Å². The minimum absolute atomic E-state index is 0.259. The van der Waals surface area contributed by atoms with E-state index in [1.165, 1.54) is 5.56 Å². The molecule has 3 amide bonds. The van der Waals surface area contributed by atoms with Crippen LogP contribution in [0.3, 0.4) is 0 Å². The van der Waals surface area contributed by atoms with Crippen LogP contribution in [0.1, 0.15) is 46.8 Å². The van der Waals surface area contributed by atoms with Gasteiger partial charge in [-0.2, -0.15) is 0 Å². The Morgan fingerprint density at radius 1 is 0.902 bits per heavy atom. The third kappa shape index (κ3) is 7.47. The standard InChI is InChI=1S/C31H37N5O5/c32-25-3-1-2-4-27(25)34-30(37)23-9-7-22(8-10-23)26(35-31(33)38)13-12-24(36-15-17-39-18-16-36)11-5-21-6-14-28-29(19-21)41-20-40-28/h1-4,6-10,14,19,24,26H,5,11-13,15-18,20,32H2,(H,34,37)(H3,33,35,38). The average molecular weight is 560 g/mol. The fourth-order valence-electron chi connectivity index (χ4n) is 5.41. The Bertz CT molecular complexity index is 1340. The maximum Gasteiger partial charge on any atom is 0.312 e. The van der Waals surface area contributed by atoms with E-state index in [0.29, 0.717) is 42.6 Å². The Morgan fingerprint density at radius 2 is 1.66 bits per heavy atom. The Hall–Kier alpha value is -4.28. The molecule has 1 saturated heterocycles. The van der Waals surface area contributed by atoms with Crippen molar-refractivity contribution in [2.45, 2.75) is 37.8 Å². The highest BCUT2D eigenvalue weighted by Gasteiger charge is 2.24. The number of hydrogen-bond acceptors (Lipinski definition) is 7. The Kier molecular flexibility index (Phi) is 9.22. The van der Waals surface area contributed by atoms with E-state index in [1.807, 2.05) is 30.3 Å². The molecule has 2 aliphatic heterocycles. The Labute approximate surface area is 239 Å². The van der Waals surface area contributed by atoms with E-state index >= 15 is 0 Å². The second-order valence-corrected chi connectivity index (χ2v) is 10.3. The molecule has 2 atom stereocenters. The molecule has 2 unspecified atom stereocenters. The zero-order chi connectivity index (χ0) is 28.6. The van der Waals surface area contributed by atoms with Gasteiger partial charge in [0.15, 0.2) is 11.5 Å². The van der Waals surface area contributed by atoms with Gasteiger partial charge in [-0.1, -0.05) is 30.3 Å². The average Bonchev–Trinajstić information content (AvgIpc) is 3.46. The number of carbonyl (C=O) groups is 2. The molecule has 10 heteroatoms. The van der Waals surface area contributed by atoms with Crippen molar-refractivity contribution < 1.29 is 23.8 Å². The van der Waals surface area contributed by atoms with Crippen molar-refractivity contribution in [1.29, 1.82) is 0 Å². The number of fused-ring (bicyclic) bond motifs is 1. The van der Waals surface area contributed by atoms with E-state index < -0.39 is 6.03 Å². The summed E-state index contributed by atoms with van der Waals surface area (Å²) >= 11 is 0. The lowest BCUT2D eigenvalue weighted by Gasteiger charge is -2.35. The van der Waals surface area contributed by atoms with E-state index in [4.69, 9.17) is 25.7 Å². The number of nitrogens with zero attached hydrogens (tertiary/aromatic N) is 1. The largest absolute Gasteiger partial charge is 0.454 e.